The Morgan fingerprint density at radius 1 is 0.460 bits per heavy atom. The fourth-order valence-corrected chi connectivity index (χ4v) is 8.07. The van der Waals surface area contributed by atoms with E-state index in [1.54, 1.807) is 11.3 Å². The molecule has 0 amide bonds. The maximum Gasteiger partial charge on any atom is 0.164 e. The van der Waals surface area contributed by atoms with E-state index in [2.05, 4.69) is 107 Å². The van der Waals surface area contributed by atoms with Crippen molar-refractivity contribution in [3.63, 3.8) is 0 Å². The minimum atomic E-state index is -0.468. The Morgan fingerprint density at radius 3 is 1.92 bits per heavy atom. The summed E-state index contributed by atoms with van der Waals surface area (Å²) in [6, 6.07) is 45.6. The van der Waals surface area contributed by atoms with E-state index in [1.807, 2.05) is 42.5 Å². The van der Waals surface area contributed by atoms with Gasteiger partial charge in [0.15, 0.2) is 17.5 Å². The Hall–Kier alpha value is -6.43. The number of fused-ring (bicyclic) bond motifs is 6. The molecule has 0 aliphatic heterocycles. The molecule has 0 atom stereocenters. The number of para-hydroxylation sites is 2. The highest BCUT2D eigenvalue weighted by atomic mass is 32.1. The van der Waals surface area contributed by atoms with Crippen molar-refractivity contribution in [3.8, 4) is 51.0 Å². The number of thiophene rings is 1. The summed E-state index contributed by atoms with van der Waals surface area (Å²) in [5.74, 6) is 0.699. The molecule has 3 heterocycles. The standard InChI is InChI=1S/C45H28N4S/c1-4-13-29(14-5-1)43-46-44(30-15-6-2-7-16-30)48-45(47-43)32-24-26-41-38(28-32)36-21-12-20-34(42(36)50-41)31-23-25-40-37(27-31)35-19-10-11-22-39(35)49(40)33-17-8-3-9-18-33/h1-28H/i1D,4D,5D,13D,14D. The van der Waals surface area contributed by atoms with Crippen molar-refractivity contribution in [2.75, 3.05) is 0 Å². The quantitative estimate of drug-likeness (QED) is 0.184. The van der Waals surface area contributed by atoms with Gasteiger partial charge in [0, 0.05) is 53.3 Å². The van der Waals surface area contributed by atoms with Crippen LogP contribution >= 0.6 is 11.3 Å². The molecule has 0 N–H and O–H groups in total. The maximum absolute atomic E-state index is 8.64. The van der Waals surface area contributed by atoms with Crippen molar-refractivity contribution in [2.45, 2.75) is 0 Å². The average molecular weight is 662 g/mol. The molecule has 50 heavy (non-hydrogen) atoms. The Balaban J connectivity index is 1.14. The number of nitrogens with zero attached hydrogens (tertiary/aromatic N) is 4. The largest absolute Gasteiger partial charge is 0.309 e. The lowest BCUT2D eigenvalue weighted by Gasteiger charge is -2.09. The zero-order valence-electron chi connectivity index (χ0n) is 31.5. The normalized spacial score (nSPS) is 13.0. The van der Waals surface area contributed by atoms with Crippen LogP contribution in [0.3, 0.4) is 0 Å². The Bertz CT molecular complexity index is 3130. The van der Waals surface area contributed by atoms with Gasteiger partial charge in [0.2, 0.25) is 0 Å². The zero-order chi connectivity index (χ0) is 37.4. The molecule has 0 spiro atoms. The number of hydrogen-bond donors (Lipinski definition) is 0. The monoisotopic (exact) mass is 661 g/mol. The first-order chi connectivity index (χ1) is 26.9. The van der Waals surface area contributed by atoms with Crippen LogP contribution in [0.5, 0.6) is 0 Å². The summed E-state index contributed by atoms with van der Waals surface area (Å²) < 4.78 is 46.6. The molecule has 0 radical (unpaired) electrons. The number of hydrogen-bond acceptors (Lipinski definition) is 4. The van der Waals surface area contributed by atoms with Crippen molar-refractivity contribution >= 4 is 53.3 Å². The summed E-state index contributed by atoms with van der Waals surface area (Å²) in [5, 5.41) is 4.55. The third kappa shape index (κ3) is 4.71. The molecule has 0 unspecified atom stereocenters. The summed E-state index contributed by atoms with van der Waals surface area (Å²) in [4.78, 5) is 14.3. The van der Waals surface area contributed by atoms with Crippen molar-refractivity contribution in [1.82, 2.24) is 19.5 Å². The van der Waals surface area contributed by atoms with Gasteiger partial charge < -0.3 is 4.57 Å². The smallest absolute Gasteiger partial charge is 0.164 e. The minimum Gasteiger partial charge on any atom is -0.309 e. The van der Waals surface area contributed by atoms with E-state index < -0.39 is 18.1 Å². The molecule has 0 aliphatic carbocycles. The third-order valence-electron chi connectivity index (χ3n) is 9.14. The van der Waals surface area contributed by atoms with Gasteiger partial charge in [0.25, 0.3) is 0 Å². The molecular weight excluding hydrogens is 629 g/mol. The summed E-state index contributed by atoms with van der Waals surface area (Å²) >= 11 is 1.74. The molecule has 0 saturated carbocycles. The Kier molecular flexibility index (Phi) is 5.54. The van der Waals surface area contributed by atoms with Gasteiger partial charge in [-0.2, -0.15) is 0 Å². The van der Waals surface area contributed by atoms with Crippen LogP contribution in [0, 0.1) is 0 Å². The molecule has 10 rings (SSSR count). The first kappa shape index (κ1) is 23.8. The summed E-state index contributed by atoms with van der Waals surface area (Å²) in [5.41, 5.74) is 7.09. The molecule has 234 valence electrons. The van der Waals surface area contributed by atoms with Crippen LogP contribution in [0.15, 0.2) is 170 Å². The third-order valence-corrected chi connectivity index (χ3v) is 10.4. The number of aromatic nitrogens is 4. The second kappa shape index (κ2) is 11.6. The lowest BCUT2D eigenvalue weighted by Crippen LogP contribution is -2.00. The van der Waals surface area contributed by atoms with Crippen molar-refractivity contribution in [2.24, 2.45) is 0 Å². The molecule has 7 aromatic carbocycles. The van der Waals surface area contributed by atoms with Crippen LogP contribution in [-0.2, 0) is 0 Å². The van der Waals surface area contributed by atoms with E-state index in [0.717, 1.165) is 54.4 Å². The molecule has 0 fully saturated rings. The van der Waals surface area contributed by atoms with Crippen molar-refractivity contribution < 1.29 is 6.85 Å². The van der Waals surface area contributed by atoms with Crippen LogP contribution in [0.1, 0.15) is 6.85 Å². The van der Waals surface area contributed by atoms with Crippen LogP contribution in [0.25, 0.3) is 93.0 Å². The van der Waals surface area contributed by atoms with Crippen LogP contribution in [0.2, 0.25) is 0 Å². The van der Waals surface area contributed by atoms with Gasteiger partial charge in [0.1, 0.15) is 0 Å². The highest BCUT2D eigenvalue weighted by Gasteiger charge is 2.17. The summed E-state index contributed by atoms with van der Waals surface area (Å²) in [6.45, 7) is 0. The van der Waals surface area contributed by atoms with Gasteiger partial charge in [-0.3, -0.25) is 0 Å². The minimum absolute atomic E-state index is 0.0161. The Labute approximate surface area is 299 Å². The van der Waals surface area contributed by atoms with Gasteiger partial charge in [-0.15, -0.1) is 11.3 Å². The fourth-order valence-electron chi connectivity index (χ4n) is 6.86. The fraction of sp³-hybridized carbons (Fsp3) is 0. The topological polar surface area (TPSA) is 43.6 Å². The van der Waals surface area contributed by atoms with E-state index in [4.69, 9.17) is 16.8 Å². The van der Waals surface area contributed by atoms with Crippen molar-refractivity contribution in [3.05, 3.63) is 170 Å². The zero-order valence-corrected chi connectivity index (χ0v) is 27.3. The first-order valence-electron chi connectivity index (χ1n) is 18.8. The highest BCUT2D eigenvalue weighted by molar-refractivity contribution is 7.26. The van der Waals surface area contributed by atoms with Gasteiger partial charge in [-0.25, -0.2) is 15.0 Å². The molecular formula is C45H28N4S. The lowest BCUT2D eigenvalue weighted by molar-refractivity contribution is 1.07. The Morgan fingerprint density at radius 2 is 1.10 bits per heavy atom. The molecule has 10 aromatic rings. The lowest BCUT2D eigenvalue weighted by atomic mass is 10.00. The van der Waals surface area contributed by atoms with Crippen LogP contribution < -0.4 is 0 Å². The summed E-state index contributed by atoms with van der Waals surface area (Å²) in [7, 11) is 0. The SMILES string of the molecule is [2H]c1c([2H])c([2H])c(-c2nc(-c3ccccc3)nc(-c3ccc4sc5c(-c6ccc7c(c6)c6ccccc6n7-c6ccccc6)cccc5c4c3)n2)c([2H])c1[2H]. The molecule has 5 heteroatoms. The second-order valence-electron chi connectivity index (χ2n) is 12.1. The van der Waals surface area contributed by atoms with Crippen LogP contribution in [-0.4, -0.2) is 19.5 Å². The van der Waals surface area contributed by atoms with Crippen molar-refractivity contribution in [1.29, 1.82) is 0 Å². The highest BCUT2D eigenvalue weighted by Crippen LogP contribution is 2.43. The van der Waals surface area contributed by atoms with E-state index in [1.165, 1.54) is 15.5 Å². The van der Waals surface area contributed by atoms with Gasteiger partial charge >= 0.3 is 0 Å². The average Bonchev–Trinajstić information content (AvgIpc) is 3.78. The van der Waals surface area contributed by atoms with Gasteiger partial charge in [0.05, 0.1) is 17.9 Å². The molecule has 3 aromatic heterocycles. The van der Waals surface area contributed by atoms with E-state index in [-0.39, 0.29) is 23.5 Å². The second-order valence-corrected chi connectivity index (χ2v) is 13.1. The first-order valence-corrected chi connectivity index (χ1v) is 17.1. The molecule has 0 aliphatic rings. The summed E-state index contributed by atoms with van der Waals surface area (Å²) in [6.07, 6.45) is 0. The predicted molar refractivity (Wildman–Crippen MR) is 209 cm³/mol. The maximum atomic E-state index is 8.64. The number of benzene rings is 7. The number of rotatable bonds is 5. The molecule has 4 nitrogen and oxygen atoms in total. The van der Waals surface area contributed by atoms with E-state index in [9.17, 15) is 0 Å². The van der Waals surface area contributed by atoms with Gasteiger partial charge in [-0.05, 0) is 59.7 Å². The predicted octanol–water partition coefficient (Wildman–Crippen LogP) is 12.0. The molecule has 0 bridgehead atoms. The van der Waals surface area contributed by atoms with E-state index >= 15 is 0 Å². The van der Waals surface area contributed by atoms with E-state index in [0.29, 0.717) is 11.6 Å². The van der Waals surface area contributed by atoms with Crippen LogP contribution in [0.4, 0.5) is 0 Å². The van der Waals surface area contributed by atoms with Gasteiger partial charge in [-0.1, -0.05) is 121 Å². The molecule has 0 saturated heterocycles.